The van der Waals surface area contributed by atoms with Crippen molar-refractivity contribution in [1.82, 2.24) is 10.2 Å². The molecule has 0 saturated carbocycles. The Labute approximate surface area is 122 Å². The van der Waals surface area contributed by atoms with Crippen LogP contribution in [0, 0.1) is 24.6 Å². The van der Waals surface area contributed by atoms with E-state index in [0.717, 1.165) is 37.3 Å². The molecule has 1 aromatic carbocycles. The van der Waals surface area contributed by atoms with Gasteiger partial charge in [-0.15, -0.1) is 0 Å². The van der Waals surface area contributed by atoms with Crippen LogP contribution >= 0.6 is 0 Å². The minimum absolute atomic E-state index is 0.0934. The third-order valence-corrected chi connectivity index (χ3v) is 4.30. The fourth-order valence-corrected chi connectivity index (χ4v) is 2.98. The summed E-state index contributed by atoms with van der Waals surface area (Å²) in [5.74, 6) is 1.16. The predicted octanol–water partition coefficient (Wildman–Crippen LogP) is 3.37. The van der Waals surface area contributed by atoms with Gasteiger partial charge >= 0.3 is 0 Å². The monoisotopic (exact) mass is 278 g/mol. The molecule has 3 atom stereocenters. The fraction of sp³-hybridized carbons (Fsp3) is 0.647. The highest BCUT2D eigenvalue weighted by Gasteiger charge is 2.22. The van der Waals surface area contributed by atoms with E-state index in [2.05, 4.69) is 37.1 Å². The molecule has 2 rings (SSSR count). The average Bonchev–Trinajstić information content (AvgIpc) is 2.38. The van der Waals surface area contributed by atoms with Crippen molar-refractivity contribution < 1.29 is 4.39 Å². The van der Waals surface area contributed by atoms with Crippen LogP contribution in [0.4, 0.5) is 4.39 Å². The van der Waals surface area contributed by atoms with Crippen LogP contribution in [0.15, 0.2) is 18.2 Å². The highest BCUT2D eigenvalue weighted by molar-refractivity contribution is 5.25. The predicted molar refractivity (Wildman–Crippen MR) is 82.3 cm³/mol. The lowest BCUT2D eigenvalue weighted by Crippen LogP contribution is -2.43. The van der Waals surface area contributed by atoms with Crippen LogP contribution in [0.5, 0.6) is 0 Å². The zero-order valence-electron chi connectivity index (χ0n) is 13.1. The number of halogens is 1. The molecule has 1 fully saturated rings. The lowest BCUT2D eigenvalue weighted by molar-refractivity contribution is 0.142. The van der Waals surface area contributed by atoms with E-state index in [1.54, 1.807) is 6.07 Å². The zero-order valence-corrected chi connectivity index (χ0v) is 13.1. The molecule has 20 heavy (non-hydrogen) atoms. The summed E-state index contributed by atoms with van der Waals surface area (Å²) in [4.78, 5) is 2.50. The molecule has 3 heteroatoms. The van der Waals surface area contributed by atoms with Gasteiger partial charge in [0.25, 0.3) is 0 Å². The third kappa shape index (κ3) is 3.80. The zero-order chi connectivity index (χ0) is 14.7. The van der Waals surface area contributed by atoms with Gasteiger partial charge in [-0.1, -0.05) is 26.0 Å². The van der Waals surface area contributed by atoms with Crippen LogP contribution in [0.2, 0.25) is 0 Å². The molecule has 0 bridgehead atoms. The van der Waals surface area contributed by atoms with Crippen molar-refractivity contribution in [1.29, 1.82) is 0 Å². The Morgan fingerprint density at radius 1 is 1.20 bits per heavy atom. The highest BCUT2D eigenvalue weighted by atomic mass is 19.1. The number of rotatable bonds is 2. The van der Waals surface area contributed by atoms with E-state index in [0.29, 0.717) is 11.8 Å². The van der Waals surface area contributed by atoms with Crippen molar-refractivity contribution in [2.45, 2.75) is 33.7 Å². The molecule has 1 aliphatic heterocycles. The topological polar surface area (TPSA) is 15.3 Å². The van der Waals surface area contributed by atoms with E-state index < -0.39 is 0 Å². The summed E-state index contributed by atoms with van der Waals surface area (Å²) < 4.78 is 13.8. The van der Waals surface area contributed by atoms with Gasteiger partial charge < -0.3 is 5.32 Å². The lowest BCUT2D eigenvalue weighted by atomic mass is 9.99. The number of benzene rings is 1. The van der Waals surface area contributed by atoms with E-state index in [9.17, 15) is 4.39 Å². The van der Waals surface area contributed by atoms with Crippen molar-refractivity contribution in [2.24, 2.45) is 11.8 Å². The van der Waals surface area contributed by atoms with Crippen LogP contribution in [0.3, 0.4) is 0 Å². The average molecular weight is 278 g/mol. The van der Waals surface area contributed by atoms with Gasteiger partial charge in [0.1, 0.15) is 5.82 Å². The van der Waals surface area contributed by atoms with Crippen LogP contribution in [-0.2, 0) is 0 Å². The Bertz CT molecular complexity index is 435. The first-order chi connectivity index (χ1) is 9.47. The molecule has 0 amide bonds. The summed E-state index contributed by atoms with van der Waals surface area (Å²) in [5.41, 5.74) is 1.81. The lowest BCUT2D eigenvalue weighted by Gasteiger charge is -2.36. The largest absolute Gasteiger partial charge is 0.316 e. The molecule has 0 aliphatic carbocycles. The van der Waals surface area contributed by atoms with E-state index in [1.807, 2.05) is 13.0 Å². The van der Waals surface area contributed by atoms with Crippen molar-refractivity contribution in [3.8, 4) is 0 Å². The second kappa shape index (κ2) is 6.68. The summed E-state index contributed by atoms with van der Waals surface area (Å²) >= 11 is 0. The third-order valence-electron chi connectivity index (χ3n) is 4.30. The summed E-state index contributed by atoms with van der Waals surface area (Å²) in [6, 6.07) is 5.93. The SMILES string of the molecule is Cc1ccc(C(C)N2CC(C)CNCC(C)C2)cc1F. The van der Waals surface area contributed by atoms with Crippen LogP contribution in [-0.4, -0.2) is 31.1 Å². The van der Waals surface area contributed by atoms with E-state index in [-0.39, 0.29) is 11.9 Å². The van der Waals surface area contributed by atoms with E-state index >= 15 is 0 Å². The fourth-order valence-electron chi connectivity index (χ4n) is 2.98. The van der Waals surface area contributed by atoms with E-state index in [4.69, 9.17) is 0 Å². The molecule has 0 aromatic heterocycles. The molecule has 112 valence electrons. The molecule has 0 radical (unpaired) electrons. The summed E-state index contributed by atoms with van der Waals surface area (Å²) in [7, 11) is 0. The minimum Gasteiger partial charge on any atom is -0.316 e. The van der Waals surface area contributed by atoms with Crippen LogP contribution < -0.4 is 5.32 Å². The molecule has 1 heterocycles. The Morgan fingerprint density at radius 2 is 1.80 bits per heavy atom. The Balaban J connectivity index is 2.15. The second-order valence-electron chi connectivity index (χ2n) is 6.51. The van der Waals surface area contributed by atoms with Gasteiger partial charge in [0, 0.05) is 19.1 Å². The summed E-state index contributed by atoms with van der Waals surface area (Å²) in [6.45, 7) is 12.8. The van der Waals surface area contributed by atoms with Crippen LogP contribution in [0.25, 0.3) is 0 Å². The molecular formula is C17H27FN2. The second-order valence-corrected chi connectivity index (χ2v) is 6.51. The maximum atomic E-state index is 13.8. The molecule has 0 spiro atoms. The van der Waals surface area contributed by atoms with Gasteiger partial charge in [-0.2, -0.15) is 0 Å². The first kappa shape index (κ1) is 15.5. The minimum atomic E-state index is -0.0934. The molecule has 1 saturated heterocycles. The van der Waals surface area contributed by atoms with Crippen molar-refractivity contribution in [3.05, 3.63) is 35.1 Å². The maximum Gasteiger partial charge on any atom is 0.126 e. The highest BCUT2D eigenvalue weighted by Crippen LogP contribution is 2.24. The molecule has 1 aromatic rings. The van der Waals surface area contributed by atoms with Gasteiger partial charge in [-0.05, 0) is 56.0 Å². The smallest absolute Gasteiger partial charge is 0.126 e. The molecule has 1 N–H and O–H groups in total. The van der Waals surface area contributed by atoms with E-state index in [1.165, 1.54) is 0 Å². The molecular weight excluding hydrogens is 251 g/mol. The summed E-state index contributed by atoms with van der Waals surface area (Å²) in [6.07, 6.45) is 0. The van der Waals surface area contributed by atoms with Crippen LogP contribution in [0.1, 0.15) is 37.9 Å². The normalized spacial score (nSPS) is 26.9. The Morgan fingerprint density at radius 3 is 2.35 bits per heavy atom. The van der Waals surface area contributed by atoms with Gasteiger partial charge in [-0.25, -0.2) is 4.39 Å². The van der Waals surface area contributed by atoms with Gasteiger partial charge in [0.15, 0.2) is 0 Å². The van der Waals surface area contributed by atoms with Gasteiger partial charge in [0.05, 0.1) is 0 Å². The van der Waals surface area contributed by atoms with Crippen molar-refractivity contribution >= 4 is 0 Å². The number of aryl methyl sites for hydroxylation is 1. The van der Waals surface area contributed by atoms with Gasteiger partial charge in [-0.3, -0.25) is 4.90 Å². The van der Waals surface area contributed by atoms with Gasteiger partial charge in [0.2, 0.25) is 0 Å². The quantitative estimate of drug-likeness (QED) is 0.892. The summed E-state index contributed by atoms with van der Waals surface area (Å²) in [5, 5.41) is 3.52. The molecule has 3 unspecified atom stereocenters. The van der Waals surface area contributed by atoms with Crippen molar-refractivity contribution in [2.75, 3.05) is 26.2 Å². The van der Waals surface area contributed by atoms with Crippen molar-refractivity contribution in [3.63, 3.8) is 0 Å². The number of hydrogen-bond acceptors (Lipinski definition) is 2. The number of nitrogens with one attached hydrogen (secondary N) is 1. The first-order valence-electron chi connectivity index (χ1n) is 7.68. The number of nitrogens with zero attached hydrogens (tertiary/aromatic N) is 1. The standard InChI is InChI=1S/C17H27FN2/c1-12-8-19-9-13(2)11-20(10-12)15(4)16-6-5-14(3)17(18)7-16/h5-7,12-13,15,19H,8-11H2,1-4H3. The maximum absolute atomic E-state index is 13.8. The Kier molecular flexibility index (Phi) is 5.17. The first-order valence-corrected chi connectivity index (χ1v) is 7.68. The molecule has 1 aliphatic rings. The molecule has 2 nitrogen and oxygen atoms in total. The Hall–Kier alpha value is -0.930. The number of hydrogen-bond donors (Lipinski definition) is 1.